The van der Waals surface area contributed by atoms with E-state index in [1.807, 2.05) is 43.3 Å². The molecule has 1 atom stereocenters. The molecule has 3 aromatic rings. The summed E-state index contributed by atoms with van der Waals surface area (Å²) in [5, 5.41) is 13.0. The van der Waals surface area contributed by atoms with Crippen molar-refractivity contribution in [3.05, 3.63) is 83.7 Å². The topological polar surface area (TPSA) is 70.7 Å². The standard InChI is InChI=1S/C18H18N4O/c1-13(20-18(23)16-12-19-22-21-16)17(14-8-4-2-5-9-14)15-10-6-3-7-11-15/h2-13,17H,1H3,(H,20,23)(H,19,21,22)/t13-/m1/s1. The second kappa shape index (κ2) is 6.87. The zero-order valence-corrected chi connectivity index (χ0v) is 12.8. The molecule has 0 saturated carbocycles. The molecule has 0 aliphatic carbocycles. The molecule has 3 rings (SSSR count). The van der Waals surface area contributed by atoms with Crippen LogP contribution in [0, 0.1) is 0 Å². The second-order valence-corrected chi connectivity index (χ2v) is 5.42. The van der Waals surface area contributed by atoms with Crippen LogP contribution in [0.15, 0.2) is 66.9 Å². The number of hydrogen-bond donors (Lipinski definition) is 2. The van der Waals surface area contributed by atoms with E-state index in [1.165, 1.54) is 6.20 Å². The van der Waals surface area contributed by atoms with Crippen LogP contribution in [-0.4, -0.2) is 27.4 Å². The number of amides is 1. The van der Waals surface area contributed by atoms with Gasteiger partial charge >= 0.3 is 0 Å². The first-order valence-electron chi connectivity index (χ1n) is 7.52. The lowest BCUT2D eigenvalue weighted by atomic mass is 9.86. The van der Waals surface area contributed by atoms with Gasteiger partial charge in [-0.3, -0.25) is 4.79 Å². The zero-order valence-electron chi connectivity index (χ0n) is 12.8. The monoisotopic (exact) mass is 306 g/mol. The van der Waals surface area contributed by atoms with Crippen LogP contribution in [0.4, 0.5) is 0 Å². The molecule has 2 aromatic carbocycles. The number of nitrogens with one attached hydrogen (secondary N) is 2. The van der Waals surface area contributed by atoms with E-state index in [4.69, 9.17) is 0 Å². The van der Waals surface area contributed by atoms with E-state index >= 15 is 0 Å². The summed E-state index contributed by atoms with van der Waals surface area (Å²) >= 11 is 0. The summed E-state index contributed by atoms with van der Waals surface area (Å²) in [5.41, 5.74) is 2.61. The summed E-state index contributed by atoms with van der Waals surface area (Å²) in [7, 11) is 0. The minimum Gasteiger partial charge on any atom is -0.347 e. The van der Waals surface area contributed by atoms with Crippen molar-refractivity contribution >= 4 is 5.91 Å². The Labute approximate surface area is 134 Å². The van der Waals surface area contributed by atoms with Gasteiger partial charge in [-0.05, 0) is 18.1 Å². The molecule has 1 aromatic heterocycles. The first-order chi connectivity index (χ1) is 11.3. The molecule has 116 valence electrons. The van der Waals surface area contributed by atoms with Gasteiger partial charge in [-0.1, -0.05) is 60.7 Å². The molecule has 1 heterocycles. The van der Waals surface area contributed by atoms with E-state index in [-0.39, 0.29) is 23.6 Å². The van der Waals surface area contributed by atoms with Crippen LogP contribution in [0.3, 0.4) is 0 Å². The smallest absolute Gasteiger partial charge is 0.273 e. The Morgan fingerprint density at radius 2 is 1.57 bits per heavy atom. The Morgan fingerprint density at radius 3 is 2.04 bits per heavy atom. The van der Waals surface area contributed by atoms with Crippen molar-refractivity contribution in [3.8, 4) is 0 Å². The highest BCUT2D eigenvalue weighted by atomic mass is 16.2. The average molecular weight is 306 g/mol. The van der Waals surface area contributed by atoms with Gasteiger partial charge in [0, 0.05) is 12.0 Å². The second-order valence-electron chi connectivity index (χ2n) is 5.42. The van der Waals surface area contributed by atoms with Crippen molar-refractivity contribution in [1.82, 2.24) is 20.7 Å². The van der Waals surface area contributed by atoms with E-state index in [0.717, 1.165) is 11.1 Å². The minimum atomic E-state index is -0.233. The summed E-state index contributed by atoms with van der Waals surface area (Å²) in [6.07, 6.45) is 1.42. The largest absolute Gasteiger partial charge is 0.347 e. The molecule has 5 heteroatoms. The van der Waals surface area contributed by atoms with Crippen molar-refractivity contribution < 1.29 is 4.79 Å². The van der Waals surface area contributed by atoms with E-state index in [9.17, 15) is 4.79 Å². The molecule has 0 spiro atoms. The van der Waals surface area contributed by atoms with Gasteiger partial charge in [-0.2, -0.15) is 15.4 Å². The van der Waals surface area contributed by atoms with Crippen molar-refractivity contribution in [2.75, 3.05) is 0 Å². The molecule has 1 amide bonds. The van der Waals surface area contributed by atoms with Gasteiger partial charge in [-0.25, -0.2) is 0 Å². The van der Waals surface area contributed by atoms with Gasteiger partial charge in [0.1, 0.15) is 0 Å². The van der Waals surface area contributed by atoms with Gasteiger partial charge in [0.25, 0.3) is 5.91 Å². The summed E-state index contributed by atoms with van der Waals surface area (Å²) in [4.78, 5) is 12.2. The van der Waals surface area contributed by atoms with E-state index < -0.39 is 0 Å². The third-order valence-electron chi connectivity index (χ3n) is 3.82. The molecule has 23 heavy (non-hydrogen) atoms. The van der Waals surface area contributed by atoms with Crippen molar-refractivity contribution in [2.45, 2.75) is 18.9 Å². The number of carbonyl (C=O) groups excluding carboxylic acids is 1. The van der Waals surface area contributed by atoms with Gasteiger partial charge in [-0.15, -0.1) is 0 Å². The van der Waals surface area contributed by atoms with Crippen molar-refractivity contribution in [2.24, 2.45) is 0 Å². The maximum Gasteiger partial charge on any atom is 0.273 e. The Bertz CT molecular complexity index is 702. The van der Waals surface area contributed by atoms with Crippen LogP contribution in [-0.2, 0) is 0 Å². The van der Waals surface area contributed by atoms with Crippen molar-refractivity contribution in [1.29, 1.82) is 0 Å². The third-order valence-corrected chi connectivity index (χ3v) is 3.82. The molecule has 0 fully saturated rings. The lowest BCUT2D eigenvalue weighted by molar-refractivity contribution is 0.0932. The molecule has 0 aliphatic rings. The third kappa shape index (κ3) is 3.45. The number of benzene rings is 2. The number of aromatic amines is 1. The van der Waals surface area contributed by atoms with Crippen molar-refractivity contribution in [3.63, 3.8) is 0 Å². The number of carbonyl (C=O) groups is 1. The Hall–Kier alpha value is -2.95. The van der Waals surface area contributed by atoms with Crippen LogP contribution < -0.4 is 5.32 Å². The molecule has 0 saturated heterocycles. The van der Waals surface area contributed by atoms with Crippen LogP contribution in [0.5, 0.6) is 0 Å². The lowest BCUT2D eigenvalue weighted by Gasteiger charge is -2.25. The highest BCUT2D eigenvalue weighted by Crippen LogP contribution is 2.28. The maximum atomic E-state index is 12.2. The fourth-order valence-electron chi connectivity index (χ4n) is 2.77. The first-order valence-corrected chi connectivity index (χ1v) is 7.52. The average Bonchev–Trinajstić information content (AvgIpc) is 3.12. The number of hydrogen-bond acceptors (Lipinski definition) is 3. The molecule has 5 nitrogen and oxygen atoms in total. The zero-order chi connectivity index (χ0) is 16.1. The van der Waals surface area contributed by atoms with Crippen LogP contribution in [0.1, 0.15) is 34.5 Å². The molecule has 0 radical (unpaired) electrons. The quantitative estimate of drug-likeness (QED) is 0.761. The molecular formula is C18H18N4O. The lowest BCUT2D eigenvalue weighted by Crippen LogP contribution is -2.37. The predicted molar refractivity (Wildman–Crippen MR) is 88.0 cm³/mol. The minimum absolute atomic E-state index is 0.0632. The Kier molecular flexibility index (Phi) is 4.47. The number of aromatic nitrogens is 3. The van der Waals surface area contributed by atoms with E-state index in [2.05, 4.69) is 45.0 Å². The highest BCUT2D eigenvalue weighted by molar-refractivity contribution is 5.92. The van der Waals surface area contributed by atoms with Crippen LogP contribution in [0.25, 0.3) is 0 Å². The molecule has 0 unspecified atom stereocenters. The number of H-pyrrole nitrogens is 1. The fourth-order valence-corrected chi connectivity index (χ4v) is 2.77. The van der Waals surface area contributed by atoms with Gasteiger partial charge < -0.3 is 5.32 Å². The molecule has 0 aliphatic heterocycles. The van der Waals surface area contributed by atoms with E-state index in [1.54, 1.807) is 0 Å². The molecular weight excluding hydrogens is 288 g/mol. The Balaban J connectivity index is 1.88. The SMILES string of the molecule is C[C@@H](NC(=O)c1cn[nH]n1)C(c1ccccc1)c1ccccc1. The summed E-state index contributed by atoms with van der Waals surface area (Å²) in [5.74, 6) is -0.170. The maximum absolute atomic E-state index is 12.2. The summed E-state index contributed by atoms with van der Waals surface area (Å²) < 4.78 is 0. The van der Waals surface area contributed by atoms with Gasteiger partial charge in [0.2, 0.25) is 0 Å². The van der Waals surface area contributed by atoms with Crippen LogP contribution >= 0.6 is 0 Å². The fraction of sp³-hybridized carbons (Fsp3) is 0.167. The summed E-state index contributed by atoms with van der Waals surface area (Å²) in [6.45, 7) is 2.00. The normalized spacial score (nSPS) is 12.1. The number of rotatable bonds is 5. The molecule has 0 bridgehead atoms. The number of nitrogens with zero attached hydrogens (tertiary/aromatic N) is 2. The predicted octanol–water partition coefficient (Wildman–Crippen LogP) is 2.76. The Morgan fingerprint density at radius 1 is 1.00 bits per heavy atom. The van der Waals surface area contributed by atoms with Gasteiger partial charge in [0.15, 0.2) is 5.69 Å². The first kappa shape index (κ1) is 15.0. The van der Waals surface area contributed by atoms with Crippen LogP contribution in [0.2, 0.25) is 0 Å². The summed E-state index contributed by atoms with van der Waals surface area (Å²) in [6, 6.07) is 20.3. The molecule has 2 N–H and O–H groups in total. The van der Waals surface area contributed by atoms with Gasteiger partial charge in [0.05, 0.1) is 6.20 Å². The van der Waals surface area contributed by atoms with E-state index in [0.29, 0.717) is 0 Å². The highest BCUT2D eigenvalue weighted by Gasteiger charge is 2.23.